The number of halogens is 1. The number of aromatic nitrogens is 2. The Bertz CT molecular complexity index is 1300. The lowest BCUT2D eigenvalue weighted by molar-refractivity contribution is -0.113. The van der Waals surface area contributed by atoms with Gasteiger partial charge in [-0.25, -0.2) is 0 Å². The molecule has 0 spiro atoms. The van der Waals surface area contributed by atoms with Gasteiger partial charge >= 0.3 is 0 Å². The molecule has 0 aliphatic carbocycles. The van der Waals surface area contributed by atoms with Crippen LogP contribution in [0.15, 0.2) is 65.8 Å². The van der Waals surface area contributed by atoms with Crippen LogP contribution in [0.4, 0.5) is 5.69 Å². The van der Waals surface area contributed by atoms with Crippen LogP contribution in [0.2, 0.25) is 5.15 Å². The van der Waals surface area contributed by atoms with Gasteiger partial charge in [0.25, 0.3) is 5.91 Å². The van der Waals surface area contributed by atoms with E-state index in [1.165, 1.54) is 12.1 Å². The number of carbonyl (C=O) groups is 2. The molecule has 1 aliphatic rings. The minimum absolute atomic E-state index is 0.0349. The summed E-state index contributed by atoms with van der Waals surface area (Å²) >= 11 is 3.57. The number of amides is 1. The molecule has 0 saturated carbocycles. The quantitative estimate of drug-likeness (QED) is 0.322. The van der Waals surface area contributed by atoms with Gasteiger partial charge in [-0.2, -0.15) is 5.10 Å². The van der Waals surface area contributed by atoms with Crippen molar-refractivity contribution >= 4 is 46.3 Å². The molecule has 2 heterocycles. The maximum absolute atomic E-state index is 12.4. The molecule has 0 fully saturated rings. The number of hydrogen-bond acceptors (Lipinski definition) is 8. The van der Waals surface area contributed by atoms with Crippen molar-refractivity contribution in [2.75, 3.05) is 5.32 Å². The van der Waals surface area contributed by atoms with E-state index in [0.29, 0.717) is 24.2 Å². The summed E-state index contributed by atoms with van der Waals surface area (Å²) in [4.78, 5) is 24.3. The zero-order valence-electron chi connectivity index (χ0n) is 20.0. The van der Waals surface area contributed by atoms with E-state index in [9.17, 15) is 18.4 Å². The SMILES string of the molecule is CCC1CC(C=O)N(Cc2ccc(NC(=O)c3ccc(Cl)nn3)cc2)N=C1c1ccc(CS(=O)[O-])cc1. The van der Waals surface area contributed by atoms with Crippen LogP contribution < -0.4 is 5.32 Å². The van der Waals surface area contributed by atoms with E-state index in [1.807, 2.05) is 24.3 Å². The van der Waals surface area contributed by atoms with E-state index in [0.717, 1.165) is 29.5 Å². The number of hydrogen-bond donors (Lipinski definition) is 1. The predicted octanol–water partition coefficient (Wildman–Crippen LogP) is 3.97. The summed E-state index contributed by atoms with van der Waals surface area (Å²) in [5.74, 6) is -0.326. The lowest BCUT2D eigenvalue weighted by Gasteiger charge is -2.35. The lowest BCUT2D eigenvalue weighted by Crippen LogP contribution is -2.41. The molecule has 3 aromatic rings. The summed E-state index contributed by atoms with van der Waals surface area (Å²) in [7, 11) is 0. The number of aldehydes is 1. The summed E-state index contributed by atoms with van der Waals surface area (Å²) in [6.07, 6.45) is 2.40. The first kappa shape index (κ1) is 26.6. The maximum Gasteiger partial charge on any atom is 0.276 e. The van der Waals surface area contributed by atoms with Crippen LogP contribution in [0, 0.1) is 5.92 Å². The molecule has 3 atom stereocenters. The highest BCUT2D eigenvalue weighted by Gasteiger charge is 2.30. The third-order valence-corrected chi connectivity index (χ3v) is 6.91. The standard InChI is InChI=1S/C26H26ClN5O4S/c1-2-19-13-22(15-33)32(31-25(19)20-7-3-18(4-8-20)16-37(35)36)14-17-5-9-21(10-6-17)28-26(34)23-11-12-24(27)30-29-23/h3-12,15,19,22H,2,13-14,16H2,1H3,(H,28,34)(H,35,36)/p-1. The van der Waals surface area contributed by atoms with Crippen LogP contribution in [-0.2, 0) is 28.2 Å². The molecule has 37 heavy (non-hydrogen) atoms. The van der Waals surface area contributed by atoms with E-state index in [4.69, 9.17) is 16.7 Å². The first-order chi connectivity index (χ1) is 17.9. The van der Waals surface area contributed by atoms with Crippen molar-refractivity contribution in [1.29, 1.82) is 0 Å². The summed E-state index contributed by atoms with van der Waals surface area (Å²) in [5.41, 5.74) is 4.15. The summed E-state index contributed by atoms with van der Waals surface area (Å²) in [6.45, 7) is 2.47. The molecule has 4 rings (SSSR count). The van der Waals surface area contributed by atoms with Crippen molar-refractivity contribution < 1.29 is 18.4 Å². The van der Waals surface area contributed by atoms with Crippen molar-refractivity contribution in [2.24, 2.45) is 11.0 Å². The molecule has 0 saturated heterocycles. The van der Waals surface area contributed by atoms with Gasteiger partial charge < -0.3 is 14.7 Å². The summed E-state index contributed by atoms with van der Waals surface area (Å²) < 4.78 is 22.0. The van der Waals surface area contributed by atoms with Crippen molar-refractivity contribution in [3.05, 3.63) is 88.2 Å². The smallest absolute Gasteiger partial charge is 0.276 e. The van der Waals surface area contributed by atoms with Gasteiger partial charge in [0.05, 0.1) is 12.3 Å². The molecule has 1 N–H and O–H groups in total. The Labute approximate surface area is 222 Å². The van der Waals surface area contributed by atoms with Crippen molar-refractivity contribution in [2.45, 2.75) is 38.1 Å². The Morgan fingerprint density at radius 2 is 1.81 bits per heavy atom. The fourth-order valence-electron chi connectivity index (χ4n) is 4.17. The first-order valence-corrected chi connectivity index (χ1v) is 13.3. The second kappa shape index (κ2) is 12.2. The third-order valence-electron chi connectivity index (χ3n) is 6.14. The van der Waals surface area contributed by atoms with Gasteiger partial charge in [0, 0.05) is 17.4 Å². The lowest BCUT2D eigenvalue weighted by atomic mass is 9.87. The van der Waals surface area contributed by atoms with Crippen LogP contribution >= 0.6 is 11.6 Å². The average molecular weight is 539 g/mol. The Morgan fingerprint density at radius 1 is 1.11 bits per heavy atom. The molecule has 11 heteroatoms. The number of hydrazone groups is 1. The van der Waals surface area contributed by atoms with Crippen molar-refractivity contribution in [3.63, 3.8) is 0 Å². The number of nitrogens with one attached hydrogen (secondary N) is 1. The van der Waals surface area contributed by atoms with E-state index < -0.39 is 17.0 Å². The zero-order chi connectivity index (χ0) is 26.4. The second-order valence-electron chi connectivity index (χ2n) is 8.66. The van der Waals surface area contributed by atoms with E-state index in [1.54, 1.807) is 29.3 Å². The molecule has 1 aliphatic heterocycles. The summed E-state index contributed by atoms with van der Waals surface area (Å²) in [5, 5.41) is 17.1. The molecule has 1 aromatic heterocycles. The molecule has 9 nitrogen and oxygen atoms in total. The Hall–Kier alpha value is -3.47. The molecular formula is C26H25ClN5O4S-. The molecule has 192 valence electrons. The normalized spacial score (nSPS) is 18.1. The molecule has 1 amide bonds. The van der Waals surface area contributed by atoms with Gasteiger partial charge in [-0.1, -0.05) is 66.0 Å². The fraction of sp³-hybridized carbons (Fsp3) is 0.269. The van der Waals surface area contributed by atoms with Gasteiger partial charge in [0.15, 0.2) is 10.8 Å². The number of benzene rings is 2. The molecule has 0 radical (unpaired) electrons. The minimum Gasteiger partial charge on any atom is -0.772 e. The number of anilines is 1. The average Bonchev–Trinajstić information content (AvgIpc) is 2.90. The van der Waals surface area contributed by atoms with Crippen LogP contribution in [0.5, 0.6) is 0 Å². The fourth-order valence-corrected chi connectivity index (χ4v) is 4.74. The summed E-state index contributed by atoms with van der Waals surface area (Å²) in [6, 6.07) is 17.2. The predicted molar refractivity (Wildman–Crippen MR) is 141 cm³/mol. The molecule has 2 aromatic carbocycles. The Kier molecular flexibility index (Phi) is 8.75. The van der Waals surface area contributed by atoms with E-state index >= 15 is 0 Å². The minimum atomic E-state index is -2.15. The highest BCUT2D eigenvalue weighted by Crippen LogP contribution is 2.28. The van der Waals surface area contributed by atoms with Gasteiger partial charge in [0.1, 0.15) is 12.3 Å². The number of carbonyl (C=O) groups excluding carboxylic acids is 2. The van der Waals surface area contributed by atoms with Gasteiger partial charge in [0.2, 0.25) is 0 Å². The highest BCUT2D eigenvalue weighted by molar-refractivity contribution is 7.78. The molecule has 0 bridgehead atoms. The van der Waals surface area contributed by atoms with Gasteiger partial charge in [-0.15, -0.1) is 10.2 Å². The molecular weight excluding hydrogens is 514 g/mol. The number of rotatable bonds is 9. The van der Waals surface area contributed by atoms with Crippen LogP contribution in [0.1, 0.15) is 46.9 Å². The third kappa shape index (κ3) is 6.85. The maximum atomic E-state index is 12.4. The number of nitrogens with zero attached hydrogens (tertiary/aromatic N) is 4. The van der Waals surface area contributed by atoms with Crippen molar-refractivity contribution in [1.82, 2.24) is 15.2 Å². The Balaban J connectivity index is 1.50. The Morgan fingerprint density at radius 3 is 2.41 bits per heavy atom. The topological polar surface area (TPSA) is 128 Å². The van der Waals surface area contributed by atoms with Gasteiger partial charge in [-0.3, -0.25) is 14.0 Å². The van der Waals surface area contributed by atoms with E-state index in [2.05, 4.69) is 22.4 Å². The first-order valence-electron chi connectivity index (χ1n) is 11.7. The van der Waals surface area contributed by atoms with Crippen LogP contribution in [0.3, 0.4) is 0 Å². The monoisotopic (exact) mass is 538 g/mol. The van der Waals surface area contributed by atoms with Crippen LogP contribution in [-0.4, -0.2) is 47.9 Å². The second-order valence-corrected chi connectivity index (χ2v) is 9.95. The van der Waals surface area contributed by atoms with Crippen LogP contribution in [0.25, 0.3) is 0 Å². The van der Waals surface area contributed by atoms with Crippen molar-refractivity contribution in [3.8, 4) is 0 Å². The zero-order valence-corrected chi connectivity index (χ0v) is 21.6. The molecule has 3 unspecified atom stereocenters. The largest absolute Gasteiger partial charge is 0.772 e. The highest BCUT2D eigenvalue weighted by atomic mass is 35.5. The van der Waals surface area contributed by atoms with Gasteiger partial charge in [-0.05, 0) is 53.8 Å². The van der Waals surface area contributed by atoms with E-state index in [-0.39, 0.29) is 28.6 Å².